The summed E-state index contributed by atoms with van der Waals surface area (Å²) in [5, 5.41) is 0. The van der Waals surface area contributed by atoms with Crippen LogP contribution in [0.1, 0.15) is 20.8 Å². The van der Waals surface area contributed by atoms with Crippen molar-refractivity contribution in [1.29, 1.82) is 0 Å². The maximum atomic E-state index is 6.20. The zero-order valence-electron chi connectivity index (χ0n) is 6.25. The molecule has 0 N–H and O–H groups in total. The second kappa shape index (κ2) is 6.19. The molecule has 61 valence electrons. The molecule has 0 aliphatic rings. The predicted octanol–water partition coefficient (Wildman–Crippen LogP) is 3.22. The molecule has 0 rings (SSSR count). The van der Waals surface area contributed by atoms with Crippen LogP contribution >= 0.6 is 17.9 Å². The van der Waals surface area contributed by atoms with Crippen molar-refractivity contribution in [3.05, 3.63) is 0 Å². The van der Waals surface area contributed by atoms with Gasteiger partial charge in [-0.05, 0) is 20.8 Å². The first-order valence-corrected chi connectivity index (χ1v) is 6.49. The van der Waals surface area contributed by atoms with Crippen LogP contribution in [0, 0.1) is 0 Å². The minimum Gasteiger partial charge on any atom is -0.0297 e. The van der Waals surface area contributed by atoms with Crippen LogP contribution in [0.2, 0.25) is 0 Å². The van der Waals surface area contributed by atoms with Gasteiger partial charge in [-0.15, -0.1) is 0 Å². The first-order valence-electron chi connectivity index (χ1n) is 3.24. The largest absolute Gasteiger partial charge is 0.113 e. The molecular formula is C6H15AuClP+. The van der Waals surface area contributed by atoms with Crippen molar-refractivity contribution in [2.45, 2.75) is 20.8 Å². The Morgan fingerprint density at radius 1 is 1.00 bits per heavy atom. The Morgan fingerprint density at radius 3 is 1.22 bits per heavy atom. The maximum Gasteiger partial charge on any atom is 0.113 e. The van der Waals surface area contributed by atoms with Crippen LogP contribution in [0.25, 0.3) is 0 Å². The third-order valence-electron chi connectivity index (χ3n) is 1.70. The summed E-state index contributed by atoms with van der Waals surface area (Å²) in [5.41, 5.74) is 0. The molecule has 0 saturated heterocycles. The minimum atomic E-state index is -0.940. The Morgan fingerprint density at radius 2 is 1.22 bits per heavy atom. The Kier molecular flexibility index (Phi) is 8.99. The van der Waals surface area contributed by atoms with Gasteiger partial charge in [0.2, 0.25) is 0 Å². The number of rotatable bonds is 3. The van der Waals surface area contributed by atoms with Crippen molar-refractivity contribution in [2.24, 2.45) is 0 Å². The van der Waals surface area contributed by atoms with E-state index in [2.05, 4.69) is 20.8 Å². The molecule has 0 aromatic carbocycles. The summed E-state index contributed by atoms with van der Waals surface area (Å²) in [6, 6.07) is 0. The van der Waals surface area contributed by atoms with Crippen LogP contribution in [-0.4, -0.2) is 18.5 Å². The fourth-order valence-corrected chi connectivity index (χ4v) is 2.01. The van der Waals surface area contributed by atoms with E-state index in [0.717, 1.165) is 0 Å². The minimum absolute atomic E-state index is 0. The van der Waals surface area contributed by atoms with Gasteiger partial charge in [-0.1, -0.05) is 0 Å². The van der Waals surface area contributed by atoms with Crippen molar-refractivity contribution >= 4 is 17.9 Å². The number of hydrogen-bond acceptors (Lipinski definition) is 0. The van der Waals surface area contributed by atoms with Crippen LogP contribution in [0.15, 0.2) is 0 Å². The average Bonchev–Trinajstić information content (AvgIpc) is 1.87. The third-order valence-corrected chi connectivity index (χ3v) is 7.25. The van der Waals surface area contributed by atoms with Gasteiger partial charge in [-0.3, -0.25) is 0 Å². The number of halogens is 1. The smallest absolute Gasteiger partial charge is 0.0297 e. The molecule has 0 aliphatic heterocycles. The molecule has 0 aliphatic carbocycles. The van der Waals surface area contributed by atoms with Crippen molar-refractivity contribution in [3.8, 4) is 0 Å². The molecule has 0 saturated carbocycles. The summed E-state index contributed by atoms with van der Waals surface area (Å²) in [6.07, 6.45) is 3.59. The van der Waals surface area contributed by atoms with Gasteiger partial charge >= 0.3 is 0 Å². The maximum absolute atomic E-state index is 6.20. The average molecular weight is 351 g/mol. The number of hydrogen-bond donors (Lipinski definition) is 0. The second-order valence-corrected chi connectivity index (χ2v) is 8.09. The Hall–Kier alpha value is 1.46. The van der Waals surface area contributed by atoms with Crippen molar-refractivity contribution in [3.63, 3.8) is 0 Å². The van der Waals surface area contributed by atoms with Gasteiger partial charge in [0.15, 0.2) is 0 Å². The summed E-state index contributed by atoms with van der Waals surface area (Å²) >= 11 is 6.20. The van der Waals surface area contributed by atoms with Crippen molar-refractivity contribution in [1.82, 2.24) is 0 Å². The monoisotopic (exact) mass is 350 g/mol. The van der Waals surface area contributed by atoms with Gasteiger partial charge in [0.25, 0.3) is 0 Å². The van der Waals surface area contributed by atoms with Gasteiger partial charge < -0.3 is 0 Å². The van der Waals surface area contributed by atoms with Gasteiger partial charge in [-0.2, -0.15) is 0 Å². The molecule has 0 nitrogen and oxygen atoms in total. The fourth-order valence-electron chi connectivity index (χ4n) is 0.671. The molecule has 0 heterocycles. The van der Waals surface area contributed by atoms with Crippen LogP contribution in [-0.2, 0) is 22.4 Å². The molecule has 3 heteroatoms. The van der Waals surface area contributed by atoms with E-state index in [4.69, 9.17) is 11.2 Å². The van der Waals surface area contributed by atoms with E-state index in [9.17, 15) is 0 Å². The van der Waals surface area contributed by atoms with Crippen LogP contribution < -0.4 is 0 Å². The van der Waals surface area contributed by atoms with Crippen LogP contribution in [0.5, 0.6) is 0 Å². The van der Waals surface area contributed by atoms with E-state index in [1.165, 1.54) is 18.5 Å². The van der Waals surface area contributed by atoms with E-state index >= 15 is 0 Å². The normalized spacial score (nSPS) is 10.7. The molecule has 9 heavy (non-hydrogen) atoms. The molecular weight excluding hydrogens is 335 g/mol. The standard InChI is InChI=1S/C6H15ClP.Au/c1-4-8(7,5-2)6-3;/h4-6H2,1-3H3;/q+1;. The predicted molar refractivity (Wildman–Crippen MR) is 44.4 cm³/mol. The van der Waals surface area contributed by atoms with Gasteiger partial charge in [0, 0.05) is 22.4 Å². The Labute approximate surface area is 79.4 Å². The van der Waals surface area contributed by atoms with E-state index in [1.807, 2.05) is 0 Å². The molecule has 0 fully saturated rings. The first-order chi connectivity index (χ1) is 3.68. The molecule has 0 spiro atoms. The summed E-state index contributed by atoms with van der Waals surface area (Å²) in [4.78, 5) is 0. The van der Waals surface area contributed by atoms with Crippen molar-refractivity contribution < 1.29 is 22.4 Å². The first kappa shape index (κ1) is 13.1. The SMILES string of the molecule is CC[P+](Cl)(CC)CC.[Au]. The topological polar surface area (TPSA) is 0 Å². The van der Waals surface area contributed by atoms with E-state index in [0.29, 0.717) is 0 Å². The molecule has 0 aromatic heterocycles. The van der Waals surface area contributed by atoms with E-state index < -0.39 is 6.62 Å². The molecule has 0 unspecified atom stereocenters. The quantitative estimate of drug-likeness (QED) is 0.542. The van der Waals surface area contributed by atoms with Crippen LogP contribution in [0.3, 0.4) is 0 Å². The summed E-state index contributed by atoms with van der Waals surface area (Å²) < 4.78 is 0. The zero-order chi connectivity index (χ0) is 6.62. The molecule has 0 aromatic rings. The van der Waals surface area contributed by atoms with Gasteiger partial charge in [-0.25, -0.2) is 0 Å². The van der Waals surface area contributed by atoms with Gasteiger partial charge in [0.05, 0.1) is 29.7 Å². The summed E-state index contributed by atoms with van der Waals surface area (Å²) in [7, 11) is 0. The Bertz CT molecular complexity index is 55.8. The van der Waals surface area contributed by atoms with Crippen LogP contribution in [0.4, 0.5) is 0 Å². The zero-order valence-corrected chi connectivity index (χ0v) is 10.1. The third kappa shape index (κ3) is 4.81. The summed E-state index contributed by atoms with van der Waals surface area (Å²) in [5.74, 6) is 0. The van der Waals surface area contributed by atoms with E-state index in [-0.39, 0.29) is 22.4 Å². The fraction of sp³-hybridized carbons (Fsp3) is 1.00. The molecule has 0 bridgehead atoms. The van der Waals surface area contributed by atoms with Crippen molar-refractivity contribution in [2.75, 3.05) is 18.5 Å². The molecule has 1 radical (unpaired) electrons. The molecule has 0 atom stereocenters. The Balaban J connectivity index is 0. The van der Waals surface area contributed by atoms with E-state index in [1.54, 1.807) is 0 Å². The van der Waals surface area contributed by atoms with Gasteiger partial charge in [0.1, 0.15) is 6.62 Å². The molecule has 0 amide bonds. The summed E-state index contributed by atoms with van der Waals surface area (Å²) in [6.45, 7) is 5.62. The second-order valence-electron chi connectivity index (χ2n) is 1.98.